The molecule has 1 aromatic heterocycles. The summed E-state index contributed by atoms with van der Waals surface area (Å²) in [6.45, 7) is 9.78. The van der Waals surface area contributed by atoms with Crippen LogP contribution in [0.3, 0.4) is 0 Å². The van der Waals surface area contributed by atoms with Crippen molar-refractivity contribution in [3.63, 3.8) is 0 Å². The van der Waals surface area contributed by atoms with Crippen molar-refractivity contribution >= 4 is 11.5 Å². The highest BCUT2D eigenvalue weighted by molar-refractivity contribution is 5.97. The Balaban J connectivity index is 1.55. The van der Waals surface area contributed by atoms with E-state index in [1.165, 1.54) is 28.9 Å². The molecule has 2 aromatic rings. The molecule has 1 saturated heterocycles. The number of hydrazine groups is 2. The molecule has 1 aromatic carbocycles. The third kappa shape index (κ3) is 3.40. The first kappa shape index (κ1) is 17.5. The molecular weight excluding hydrogens is 336 g/mol. The standard InChI is InChI=1S/C21H26N6/c1-5-16-11-15(3)27(13-16)20-9-7-17(10-14(20)2)18-6-8-19(22-12-18)21-23-25-26(4)24-21/h6-10,12,16,25H,3,5,11,13H2,1-2,4H3,(H,23,24). The molecule has 0 saturated carbocycles. The maximum Gasteiger partial charge on any atom is 0.189 e. The van der Waals surface area contributed by atoms with Crippen LogP contribution in [0.25, 0.3) is 11.1 Å². The van der Waals surface area contributed by atoms with Gasteiger partial charge < -0.3 is 4.90 Å². The molecule has 0 amide bonds. The Hall–Kier alpha value is -2.86. The number of anilines is 1. The average Bonchev–Trinajstić information content (AvgIpc) is 3.27. The van der Waals surface area contributed by atoms with Crippen molar-refractivity contribution in [2.75, 3.05) is 18.5 Å². The van der Waals surface area contributed by atoms with E-state index in [1.807, 2.05) is 19.3 Å². The molecule has 0 radical (unpaired) electrons. The van der Waals surface area contributed by atoms with E-state index in [0.717, 1.165) is 24.2 Å². The van der Waals surface area contributed by atoms with Gasteiger partial charge in [0.05, 0.1) is 0 Å². The third-order valence-electron chi connectivity index (χ3n) is 5.34. The van der Waals surface area contributed by atoms with Crippen LogP contribution in [0.15, 0.2) is 53.9 Å². The Morgan fingerprint density at radius 3 is 2.63 bits per heavy atom. The van der Waals surface area contributed by atoms with Gasteiger partial charge in [-0.05, 0) is 48.6 Å². The van der Waals surface area contributed by atoms with Crippen LogP contribution in [0, 0.1) is 12.8 Å². The highest BCUT2D eigenvalue weighted by atomic mass is 15.9. The minimum atomic E-state index is 0.716. The van der Waals surface area contributed by atoms with Crippen molar-refractivity contribution in [3.8, 4) is 11.1 Å². The predicted octanol–water partition coefficient (Wildman–Crippen LogP) is 3.42. The first-order chi connectivity index (χ1) is 13.0. The van der Waals surface area contributed by atoms with E-state index in [-0.39, 0.29) is 0 Å². The lowest BCUT2D eigenvalue weighted by molar-refractivity contribution is 0.231. The SMILES string of the molecule is C=C1CC(CC)CN1c1ccc(-c2ccc(C3=NNN(C)N3)nc2)cc1C. The van der Waals surface area contributed by atoms with E-state index in [2.05, 4.69) is 70.6 Å². The quantitative estimate of drug-likeness (QED) is 0.873. The molecule has 1 unspecified atom stereocenters. The van der Waals surface area contributed by atoms with Crippen LogP contribution in [0.5, 0.6) is 0 Å². The summed E-state index contributed by atoms with van der Waals surface area (Å²) in [5.41, 5.74) is 12.7. The normalized spacial score (nSPS) is 19.8. The number of nitrogens with one attached hydrogen (secondary N) is 2. The van der Waals surface area contributed by atoms with Crippen LogP contribution in [0.4, 0.5) is 5.69 Å². The summed E-state index contributed by atoms with van der Waals surface area (Å²) in [6, 6.07) is 10.7. The molecule has 140 valence electrons. The Labute approximate surface area is 160 Å². The summed E-state index contributed by atoms with van der Waals surface area (Å²) < 4.78 is 0. The van der Waals surface area contributed by atoms with Gasteiger partial charge in [-0.3, -0.25) is 10.4 Å². The third-order valence-corrected chi connectivity index (χ3v) is 5.34. The summed E-state index contributed by atoms with van der Waals surface area (Å²) in [5.74, 6) is 1.43. The van der Waals surface area contributed by atoms with Gasteiger partial charge in [0.25, 0.3) is 0 Å². The van der Waals surface area contributed by atoms with Gasteiger partial charge in [-0.1, -0.05) is 32.1 Å². The number of hydrazone groups is 1. The molecule has 1 atom stereocenters. The second kappa shape index (κ2) is 7.04. The zero-order valence-electron chi connectivity index (χ0n) is 16.2. The molecule has 0 spiro atoms. The fourth-order valence-corrected chi connectivity index (χ4v) is 3.73. The number of aromatic nitrogens is 1. The molecular formula is C21H26N6. The summed E-state index contributed by atoms with van der Waals surface area (Å²) in [6.07, 6.45) is 4.20. The molecule has 4 rings (SSSR count). The molecule has 0 aliphatic carbocycles. The lowest BCUT2D eigenvalue weighted by Gasteiger charge is -2.22. The lowest BCUT2D eigenvalue weighted by Crippen LogP contribution is -2.37. The maximum atomic E-state index is 4.55. The number of aryl methyl sites for hydroxylation is 1. The van der Waals surface area contributed by atoms with Gasteiger partial charge in [-0.25, -0.2) is 5.53 Å². The molecule has 1 fully saturated rings. The largest absolute Gasteiger partial charge is 0.345 e. The van der Waals surface area contributed by atoms with Gasteiger partial charge in [-0.15, -0.1) is 10.2 Å². The number of rotatable bonds is 4. The van der Waals surface area contributed by atoms with Gasteiger partial charge in [0.2, 0.25) is 0 Å². The van der Waals surface area contributed by atoms with E-state index in [9.17, 15) is 0 Å². The minimum Gasteiger partial charge on any atom is -0.345 e. The summed E-state index contributed by atoms with van der Waals surface area (Å²) in [7, 11) is 1.85. The second-order valence-corrected chi connectivity index (χ2v) is 7.32. The monoisotopic (exact) mass is 362 g/mol. The highest BCUT2D eigenvalue weighted by Crippen LogP contribution is 2.35. The van der Waals surface area contributed by atoms with Gasteiger partial charge >= 0.3 is 0 Å². The van der Waals surface area contributed by atoms with E-state index in [0.29, 0.717) is 11.8 Å². The first-order valence-electron chi connectivity index (χ1n) is 9.41. The molecule has 2 aliphatic heterocycles. The van der Waals surface area contributed by atoms with Crippen LogP contribution >= 0.6 is 0 Å². The van der Waals surface area contributed by atoms with Crippen LogP contribution in [0.1, 0.15) is 31.0 Å². The van der Waals surface area contributed by atoms with Crippen molar-refractivity contribution in [3.05, 3.63) is 60.1 Å². The van der Waals surface area contributed by atoms with Crippen molar-refractivity contribution < 1.29 is 0 Å². The van der Waals surface area contributed by atoms with Crippen molar-refractivity contribution in [1.82, 2.24) is 21.1 Å². The lowest BCUT2D eigenvalue weighted by atomic mass is 10.0. The molecule has 0 bridgehead atoms. The van der Waals surface area contributed by atoms with E-state index in [1.54, 1.807) is 5.12 Å². The molecule has 27 heavy (non-hydrogen) atoms. The summed E-state index contributed by atoms with van der Waals surface area (Å²) in [4.78, 5) is 6.93. The van der Waals surface area contributed by atoms with Gasteiger partial charge in [-0.2, -0.15) is 0 Å². The van der Waals surface area contributed by atoms with Crippen LogP contribution in [0.2, 0.25) is 0 Å². The number of hydrogen-bond acceptors (Lipinski definition) is 6. The van der Waals surface area contributed by atoms with Gasteiger partial charge in [0, 0.05) is 36.7 Å². The smallest absolute Gasteiger partial charge is 0.189 e. The van der Waals surface area contributed by atoms with Gasteiger partial charge in [0.1, 0.15) is 5.69 Å². The highest BCUT2D eigenvalue weighted by Gasteiger charge is 2.25. The fraction of sp³-hybridized carbons (Fsp3) is 0.333. The zero-order valence-corrected chi connectivity index (χ0v) is 16.2. The molecule has 6 heteroatoms. The number of benzene rings is 1. The van der Waals surface area contributed by atoms with Crippen LogP contribution in [-0.4, -0.2) is 29.5 Å². The van der Waals surface area contributed by atoms with E-state index in [4.69, 9.17) is 0 Å². The first-order valence-corrected chi connectivity index (χ1v) is 9.41. The Kier molecular flexibility index (Phi) is 4.58. The number of amidine groups is 1. The second-order valence-electron chi connectivity index (χ2n) is 7.32. The average molecular weight is 362 g/mol. The van der Waals surface area contributed by atoms with Gasteiger partial charge in [0.15, 0.2) is 5.84 Å². The Bertz CT molecular complexity index is 886. The van der Waals surface area contributed by atoms with E-state index >= 15 is 0 Å². The van der Waals surface area contributed by atoms with Crippen LogP contribution < -0.4 is 15.9 Å². The predicted molar refractivity (Wildman–Crippen MR) is 110 cm³/mol. The van der Waals surface area contributed by atoms with Crippen molar-refractivity contribution in [2.24, 2.45) is 11.0 Å². The minimum absolute atomic E-state index is 0.716. The van der Waals surface area contributed by atoms with Crippen molar-refractivity contribution in [1.29, 1.82) is 0 Å². The Morgan fingerprint density at radius 2 is 2.04 bits per heavy atom. The van der Waals surface area contributed by atoms with Crippen LogP contribution in [-0.2, 0) is 0 Å². The molecule has 2 N–H and O–H groups in total. The number of nitrogens with zero attached hydrogens (tertiary/aromatic N) is 4. The fourth-order valence-electron chi connectivity index (χ4n) is 3.73. The number of allylic oxidation sites excluding steroid dienone is 1. The Morgan fingerprint density at radius 1 is 1.22 bits per heavy atom. The topological polar surface area (TPSA) is 55.8 Å². The number of pyridine rings is 1. The molecule has 3 heterocycles. The zero-order chi connectivity index (χ0) is 19.0. The summed E-state index contributed by atoms with van der Waals surface area (Å²) in [5, 5.41) is 5.87. The molecule has 6 nitrogen and oxygen atoms in total. The number of hydrogen-bond donors (Lipinski definition) is 2. The van der Waals surface area contributed by atoms with E-state index < -0.39 is 0 Å². The summed E-state index contributed by atoms with van der Waals surface area (Å²) >= 11 is 0. The maximum absolute atomic E-state index is 4.55. The van der Waals surface area contributed by atoms with Crippen molar-refractivity contribution in [2.45, 2.75) is 26.7 Å². The molecule has 2 aliphatic rings.